The first kappa shape index (κ1) is 19.4. The van der Waals surface area contributed by atoms with Gasteiger partial charge in [0.1, 0.15) is 22.2 Å². The maximum absolute atomic E-state index is 12.7. The van der Waals surface area contributed by atoms with Crippen molar-refractivity contribution >= 4 is 15.8 Å². The van der Waals surface area contributed by atoms with Gasteiger partial charge in [-0.25, -0.2) is 18.1 Å². The van der Waals surface area contributed by atoms with E-state index in [0.717, 1.165) is 31.7 Å². The lowest BCUT2D eigenvalue weighted by molar-refractivity contribution is 0.388. The minimum Gasteiger partial charge on any atom is -0.497 e. The van der Waals surface area contributed by atoms with Crippen LogP contribution in [-0.4, -0.2) is 47.3 Å². The van der Waals surface area contributed by atoms with Gasteiger partial charge in [-0.3, -0.25) is 0 Å². The van der Waals surface area contributed by atoms with E-state index in [1.165, 1.54) is 20.3 Å². The summed E-state index contributed by atoms with van der Waals surface area (Å²) in [5, 5.41) is 0. The molecule has 1 N–H and O–H groups in total. The largest absolute Gasteiger partial charge is 0.497 e. The molecule has 0 unspecified atom stereocenters. The molecule has 1 aliphatic rings. The van der Waals surface area contributed by atoms with Gasteiger partial charge in [-0.15, -0.1) is 0 Å². The Hall–Kier alpha value is -2.32. The number of nitrogens with one attached hydrogen (secondary N) is 1. The Balaban J connectivity index is 1.60. The van der Waals surface area contributed by atoms with Crippen molar-refractivity contribution in [3.8, 4) is 11.5 Å². The van der Waals surface area contributed by atoms with Crippen LogP contribution in [0.3, 0.4) is 0 Å². The van der Waals surface area contributed by atoms with Crippen molar-refractivity contribution in [1.29, 1.82) is 0 Å². The average Bonchev–Trinajstić information content (AvgIpc) is 2.73. The van der Waals surface area contributed by atoms with Gasteiger partial charge in [0.15, 0.2) is 0 Å². The number of benzene rings is 1. The number of nitrogens with zero attached hydrogens (tertiary/aromatic N) is 2. The van der Waals surface area contributed by atoms with Crippen molar-refractivity contribution in [1.82, 2.24) is 9.71 Å². The van der Waals surface area contributed by atoms with Crippen LogP contribution in [0.1, 0.15) is 12.8 Å². The van der Waals surface area contributed by atoms with E-state index >= 15 is 0 Å². The Kier molecular flexibility index (Phi) is 6.18. The number of pyridine rings is 1. The maximum Gasteiger partial charge on any atom is 0.244 e. The van der Waals surface area contributed by atoms with Crippen LogP contribution in [0.2, 0.25) is 0 Å². The molecular formula is C19H25N3O4S. The second-order valence-corrected chi connectivity index (χ2v) is 8.22. The van der Waals surface area contributed by atoms with Gasteiger partial charge < -0.3 is 14.4 Å². The third-order valence-electron chi connectivity index (χ3n) is 4.81. The van der Waals surface area contributed by atoms with Crippen LogP contribution in [0.15, 0.2) is 47.5 Å². The van der Waals surface area contributed by atoms with Gasteiger partial charge in [0.05, 0.1) is 14.2 Å². The van der Waals surface area contributed by atoms with Crippen molar-refractivity contribution < 1.29 is 17.9 Å². The highest BCUT2D eigenvalue weighted by atomic mass is 32.2. The first-order valence-electron chi connectivity index (χ1n) is 8.91. The van der Waals surface area contributed by atoms with Gasteiger partial charge in [-0.05, 0) is 43.0 Å². The predicted molar refractivity (Wildman–Crippen MR) is 104 cm³/mol. The lowest BCUT2D eigenvalue weighted by Crippen LogP contribution is -2.39. The highest BCUT2D eigenvalue weighted by molar-refractivity contribution is 7.89. The van der Waals surface area contributed by atoms with Crippen molar-refractivity contribution in [2.24, 2.45) is 5.92 Å². The van der Waals surface area contributed by atoms with Crippen LogP contribution in [-0.2, 0) is 10.0 Å². The number of ether oxygens (including phenoxy) is 2. The number of hydrogen-bond acceptors (Lipinski definition) is 6. The fraction of sp³-hybridized carbons (Fsp3) is 0.421. The molecule has 1 saturated heterocycles. The van der Waals surface area contributed by atoms with Gasteiger partial charge >= 0.3 is 0 Å². The summed E-state index contributed by atoms with van der Waals surface area (Å²) < 4.78 is 38.5. The third-order valence-corrected chi connectivity index (χ3v) is 6.25. The normalized spacial score (nSPS) is 15.6. The van der Waals surface area contributed by atoms with Crippen LogP contribution in [0.25, 0.3) is 0 Å². The lowest BCUT2D eigenvalue weighted by atomic mass is 9.97. The Morgan fingerprint density at radius 3 is 2.56 bits per heavy atom. The second-order valence-electron chi connectivity index (χ2n) is 6.49. The summed E-state index contributed by atoms with van der Waals surface area (Å²) in [6.07, 6.45) is 3.61. The van der Waals surface area contributed by atoms with Gasteiger partial charge in [0, 0.05) is 31.9 Å². The highest BCUT2D eigenvalue weighted by Gasteiger charge is 2.24. The molecule has 1 aromatic heterocycles. The monoisotopic (exact) mass is 391 g/mol. The Morgan fingerprint density at radius 2 is 1.93 bits per heavy atom. The summed E-state index contributed by atoms with van der Waals surface area (Å²) in [5.41, 5.74) is 0. The third kappa shape index (κ3) is 4.70. The molecule has 0 aliphatic carbocycles. The molecule has 2 heterocycles. The molecule has 0 saturated carbocycles. The number of rotatable bonds is 7. The topological polar surface area (TPSA) is 80.8 Å². The number of hydrogen-bond donors (Lipinski definition) is 1. The molecule has 146 valence electrons. The molecule has 0 spiro atoms. The number of sulfonamides is 1. The zero-order chi connectivity index (χ0) is 19.3. The molecule has 3 rings (SSSR count). The van der Waals surface area contributed by atoms with Crippen LogP contribution in [0, 0.1) is 5.92 Å². The smallest absolute Gasteiger partial charge is 0.244 e. The van der Waals surface area contributed by atoms with E-state index in [4.69, 9.17) is 9.47 Å². The summed E-state index contributed by atoms with van der Waals surface area (Å²) in [5.74, 6) is 2.03. The molecule has 2 aromatic rings. The zero-order valence-electron chi connectivity index (χ0n) is 15.6. The maximum atomic E-state index is 12.7. The average molecular weight is 391 g/mol. The number of aromatic nitrogens is 1. The van der Waals surface area contributed by atoms with E-state index < -0.39 is 10.0 Å². The molecule has 0 radical (unpaired) electrons. The first-order valence-corrected chi connectivity index (χ1v) is 10.4. The molecule has 0 amide bonds. The Morgan fingerprint density at radius 1 is 1.15 bits per heavy atom. The van der Waals surface area contributed by atoms with E-state index in [9.17, 15) is 8.42 Å². The van der Waals surface area contributed by atoms with Crippen LogP contribution < -0.4 is 19.1 Å². The fourth-order valence-electron chi connectivity index (χ4n) is 3.21. The van der Waals surface area contributed by atoms with E-state index in [-0.39, 0.29) is 10.8 Å². The summed E-state index contributed by atoms with van der Waals surface area (Å²) in [4.78, 5) is 6.70. The molecule has 7 nitrogen and oxygen atoms in total. The quantitative estimate of drug-likeness (QED) is 0.780. The molecule has 1 aliphatic heterocycles. The number of anilines is 1. The molecule has 8 heteroatoms. The summed E-state index contributed by atoms with van der Waals surface area (Å²) in [6.45, 7) is 2.14. The highest BCUT2D eigenvalue weighted by Crippen LogP contribution is 2.28. The van der Waals surface area contributed by atoms with E-state index in [1.807, 2.05) is 18.2 Å². The van der Waals surface area contributed by atoms with Gasteiger partial charge in [-0.1, -0.05) is 6.07 Å². The van der Waals surface area contributed by atoms with Crippen LogP contribution in [0.4, 0.5) is 5.82 Å². The SMILES string of the molecule is COc1ccc(OC)c(S(=O)(=O)NCC2CCN(c3ccccn3)CC2)c1. The van der Waals surface area contributed by atoms with E-state index in [2.05, 4.69) is 14.6 Å². The number of methoxy groups -OCH3 is 2. The van der Waals surface area contributed by atoms with Gasteiger partial charge in [-0.2, -0.15) is 0 Å². The summed E-state index contributed by atoms with van der Waals surface area (Å²) >= 11 is 0. The van der Waals surface area contributed by atoms with Crippen molar-refractivity contribution in [3.63, 3.8) is 0 Å². The van der Waals surface area contributed by atoms with Crippen molar-refractivity contribution in [3.05, 3.63) is 42.6 Å². The zero-order valence-corrected chi connectivity index (χ0v) is 16.4. The standard InChI is InChI=1S/C19H25N3O4S/c1-25-16-6-7-17(26-2)18(13-16)27(23,24)21-14-15-8-11-22(12-9-15)19-5-3-4-10-20-19/h3-7,10,13,15,21H,8-9,11-12,14H2,1-2H3. The van der Waals surface area contributed by atoms with Crippen molar-refractivity contribution in [2.45, 2.75) is 17.7 Å². The number of piperidine rings is 1. The second kappa shape index (κ2) is 8.58. The molecule has 0 atom stereocenters. The van der Waals surface area contributed by atoms with E-state index in [1.54, 1.807) is 18.3 Å². The minimum atomic E-state index is -3.68. The molecular weight excluding hydrogens is 366 g/mol. The Bertz CT molecular complexity index is 851. The lowest BCUT2D eigenvalue weighted by Gasteiger charge is -2.32. The fourth-order valence-corrected chi connectivity index (χ4v) is 4.50. The van der Waals surface area contributed by atoms with Crippen LogP contribution >= 0.6 is 0 Å². The summed E-state index contributed by atoms with van der Waals surface area (Å²) in [6, 6.07) is 10.6. The van der Waals surface area contributed by atoms with Crippen molar-refractivity contribution in [2.75, 3.05) is 38.8 Å². The molecule has 27 heavy (non-hydrogen) atoms. The van der Waals surface area contributed by atoms with Crippen LogP contribution in [0.5, 0.6) is 11.5 Å². The van der Waals surface area contributed by atoms with Gasteiger partial charge in [0.2, 0.25) is 10.0 Å². The molecule has 1 fully saturated rings. The molecule has 0 bridgehead atoms. The predicted octanol–water partition coefficient (Wildman–Crippen LogP) is 2.29. The summed E-state index contributed by atoms with van der Waals surface area (Å²) in [7, 11) is -0.728. The van der Waals surface area contributed by atoms with E-state index in [0.29, 0.717) is 18.0 Å². The molecule has 1 aromatic carbocycles. The van der Waals surface area contributed by atoms with Gasteiger partial charge in [0.25, 0.3) is 0 Å². The first-order chi connectivity index (χ1) is 13.0. The Labute approximate surface area is 160 Å². The minimum absolute atomic E-state index is 0.0928.